The molecular formula is C28H25N. The molecule has 0 fully saturated rings. The van der Waals surface area contributed by atoms with Crippen molar-refractivity contribution in [1.82, 2.24) is 0 Å². The second-order valence-electron chi connectivity index (χ2n) is 8.21. The number of nitrogen functional groups attached to an aromatic ring is 1. The number of anilines is 1. The summed E-state index contributed by atoms with van der Waals surface area (Å²) in [6.07, 6.45) is 0. The van der Waals surface area contributed by atoms with Crippen LogP contribution >= 0.6 is 0 Å². The average Bonchev–Trinajstić information content (AvgIpc) is 3.04. The number of fused-ring (bicyclic) bond motifs is 3. The van der Waals surface area contributed by atoms with Crippen molar-refractivity contribution >= 4 is 5.69 Å². The number of hydrogen-bond acceptors (Lipinski definition) is 1. The summed E-state index contributed by atoms with van der Waals surface area (Å²) >= 11 is 0. The number of nitrogens with two attached hydrogens (primary N) is 1. The summed E-state index contributed by atoms with van der Waals surface area (Å²) in [5.41, 5.74) is 18.3. The first kappa shape index (κ1) is 17.8. The predicted molar refractivity (Wildman–Crippen MR) is 122 cm³/mol. The van der Waals surface area contributed by atoms with E-state index in [0.717, 1.165) is 11.3 Å². The molecule has 0 aromatic heterocycles. The highest BCUT2D eigenvalue weighted by Gasteiger charge is 2.46. The van der Waals surface area contributed by atoms with Gasteiger partial charge in [0.25, 0.3) is 0 Å². The number of hydrogen-bond donors (Lipinski definition) is 1. The van der Waals surface area contributed by atoms with E-state index >= 15 is 0 Å². The highest BCUT2D eigenvalue weighted by Crippen LogP contribution is 2.56. The Labute approximate surface area is 172 Å². The summed E-state index contributed by atoms with van der Waals surface area (Å²) in [6, 6.07) is 31.1. The third kappa shape index (κ3) is 2.40. The van der Waals surface area contributed by atoms with Crippen molar-refractivity contribution < 1.29 is 0 Å². The van der Waals surface area contributed by atoms with E-state index in [1.165, 1.54) is 44.5 Å². The van der Waals surface area contributed by atoms with Gasteiger partial charge in [0.1, 0.15) is 0 Å². The Morgan fingerprint density at radius 3 is 1.62 bits per heavy atom. The van der Waals surface area contributed by atoms with Crippen molar-refractivity contribution in [3.8, 4) is 11.1 Å². The molecule has 1 aliphatic carbocycles. The molecule has 0 spiro atoms. The fraction of sp³-hybridized carbons (Fsp3) is 0.143. The van der Waals surface area contributed by atoms with E-state index in [1.54, 1.807) is 0 Å². The van der Waals surface area contributed by atoms with E-state index in [0.29, 0.717) is 0 Å². The first-order valence-corrected chi connectivity index (χ1v) is 10.2. The molecule has 1 heteroatoms. The van der Waals surface area contributed by atoms with Gasteiger partial charge in [-0.2, -0.15) is 0 Å². The van der Waals surface area contributed by atoms with Crippen LogP contribution in [-0.2, 0) is 5.41 Å². The van der Waals surface area contributed by atoms with Crippen molar-refractivity contribution in [3.05, 3.63) is 124 Å². The molecular weight excluding hydrogens is 350 g/mol. The van der Waals surface area contributed by atoms with Crippen LogP contribution in [0.2, 0.25) is 0 Å². The fourth-order valence-electron chi connectivity index (χ4n) is 4.91. The molecule has 142 valence electrons. The Morgan fingerprint density at radius 1 is 0.552 bits per heavy atom. The van der Waals surface area contributed by atoms with Crippen molar-refractivity contribution in [2.24, 2.45) is 0 Å². The van der Waals surface area contributed by atoms with Gasteiger partial charge in [-0.1, -0.05) is 78.9 Å². The maximum Gasteiger partial charge on any atom is 0.0713 e. The molecule has 0 radical (unpaired) electrons. The lowest BCUT2D eigenvalue weighted by atomic mass is 9.67. The van der Waals surface area contributed by atoms with Gasteiger partial charge >= 0.3 is 0 Å². The van der Waals surface area contributed by atoms with Crippen molar-refractivity contribution in [3.63, 3.8) is 0 Å². The molecule has 1 nitrogen and oxygen atoms in total. The van der Waals surface area contributed by atoms with Crippen LogP contribution in [0.1, 0.15) is 38.9 Å². The van der Waals surface area contributed by atoms with E-state index in [1.807, 2.05) is 0 Å². The molecule has 0 amide bonds. The van der Waals surface area contributed by atoms with Gasteiger partial charge in [0.05, 0.1) is 5.41 Å². The van der Waals surface area contributed by atoms with Crippen molar-refractivity contribution in [2.45, 2.75) is 26.2 Å². The zero-order valence-corrected chi connectivity index (χ0v) is 17.2. The van der Waals surface area contributed by atoms with E-state index in [4.69, 9.17) is 5.73 Å². The number of rotatable bonds is 2. The van der Waals surface area contributed by atoms with Crippen LogP contribution in [0.4, 0.5) is 5.69 Å². The molecule has 0 saturated heterocycles. The van der Waals surface area contributed by atoms with Gasteiger partial charge in [0.15, 0.2) is 0 Å². The average molecular weight is 376 g/mol. The van der Waals surface area contributed by atoms with Gasteiger partial charge < -0.3 is 5.73 Å². The first-order chi connectivity index (χ1) is 14.0. The normalized spacial score (nSPS) is 13.8. The second kappa shape index (κ2) is 6.35. The lowest BCUT2D eigenvalue weighted by Crippen LogP contribution is -2.29. The Hall–Kier alpha value is -3.32. The van der Waals surface area contributed by atoms with Gasteiger partial charge in [-0.3, -0.25) is 0 Å². The smallest absolute Gasteiger partial charge is 0.0713 e. The van der Waals surface area contributed by atoms with Gasteiger partial charge in [0, 0.05) is 5.69 Å². The molecule has 4 aromatic carbocycles. The minimum absolute atomic E-state index is 0.343. The zero-order chi connectivity index (χ0) is 20.2. The maximum absolute atomic E-state index is 6.20. The van der Waals surface area contributed by atoms with Crippen LogP contribution in [0.15, 0.2) is 84.9 Å². The fourth-order valence-corrected chi connectivity index (χ4v) is 4.91. The standard InChI is InChI=1S/C28H25N/c1-18-12-13-21(16-19(18)2)28(22-14-15-27(29)20(3)17-22)25-10-6-4-8-23(25)24-9-5-7-11-26(24)28/h4-17H,29H2,1-3H3. The molecule has 0 bridgehead atoms. The summed E-state index contributed by atoms with van der Waals surface area (Å²) < 4.78 is 0. The minimum atomic E-state index is -0.343. The van der Waals surface area contributed by atoms with Gasteiger partial charge in [-0.15, -0.1) is 0 Å². The topological polar surface area (TPSA) is 26.0 Å². The van der Waals surface area contributed by atoms with E-state index in [9.17, 15) is 0 Å². The molecule has 29 heavy (non-hydrogen) atoms. The summed E-state index contributed by atoms with van der Waals surface area (Å²) in [5.74, 6) is 0. The maximum atomic E-state index is 6.20. The quantitative estimate of drug-likeness (QED) is 0.348. The first-order valence-electron chi connectivity index (χ1n) is 10.2. The van der Waals surface area contributed by atoms with Crippen molar-refractivity contribution in [1.29, 1.82) is 0 Å². The summed E-state index contributed by atoms with van der Waals surface area (Å²) in [5, 5.41) is 0. The van der Waals surface area contributed by atoms with Crippen molar-refractivity contribution in [2.75, 3.05) is 5.73 Å². The largest absolute Gasteiger partial charge is 0.399 e. The van der Waals surface area contributed by atoms with Gasteiger partial charge in [-0.25, -0.2) is 0 Å². The van der Waals surface area contributed by atoms with Crippen LogP contribution < -0.4 is 5.73 Å². The lowest BCUT2D eigenvalue weighted by molar-refractivity contribution is 0.766. The van der Waals surface area contributed by atoms with Crippen LogP contribution in [0.3, 0.4) is 0 Å². The molecule has 0 unspecified atom stereocenters. The van der Waals surface area contributed by atoms with E-state index in [2.05, 4.69) is 106 Å². The molecule has 1 aliphatic rings. The zero-order valence-electron chi connectivity index (χ0n) is 17.2. The summed E-state index contributed by atoms with van der Waals surface area (Å²) in [6.45, 7) is 6.48. The van der Waals surface area contributed by atoms with Gasteiger partial charge in [-0.05, 0) is 76.9 Å². The van der Waals surface area contributed by atoms with Crippen LogP contribution in [-0.4, -0.2) is 0 Å². The SMILES string of the molecule is Cc1ccc(C2(c3ccc(N)c(C)c3)c3ccccc3-c3ccccc32)cc1C. The highest BCUT2D eigenvalue weighted by molar-refractivity contribution is 5.86. The summed E-state index contributed by atoms with van der Waals surface area (Å²) in [7, 11) is 0. The van der Waals surface area contributed by atoms with E-state index < -0.39 is 0 Å². The summed E-state index contributed by atoms with van der Waals surface area (Å²) in [4.78, 5) is 0. The molecule has 0 aliphatic heterocycles. The van der Waals surface area contributed by atoms with Crippen LogP contribution in [0, 0.1) is 20.8 Å². The lowest BCUT2D eigenvalue weighted by Gasteiger charge is -2.34. The third-order valence-corrected chi connectivity index (χ3v) is 6.60. The molecule has 5 rings (SSSR count). The van der Waals surface area contributed by atoms with Crippen LogP contribution in [0.5, 0.6) is 0 Å². The molecule has 4 aromatic rings. The Bertz CT molecular complexity index is 1150. The van der Waals surface area contributed by atoms with E-state index in [-0.39, 0.29) is 5.41 Å². The van der Waals surface area contributed by atoms with Crippen LogP contribution in [0.25, 0.3) is 11.1 Å². The molecule has 0 saturated carbocycles. The molecule has 0 atom stereocenters. The molecule has 0 heterocycles. The number of aryl methyl sites for hydroxylation is 3. The Kier molecular flexibility index (Phi) is 3.89. The molecule has 2 N–H and O–H groups in total. The minimum Gasteiger partial charge on any atom is -0.399 e. The van der Waals surface area contributed by atoms with Gasteiger partial charge in [0.2, 0.25) is 0 Å². The number of benzene rings is 4. The highest BCUT2D eigenvalue weighted by atomic mass is 14.6. The predicted octanol–water partition coefficient (Wildman–Crippen LogP) is 6.56. The Balaban J connectivity index is 1.97. The second-order valence-corrected chi connectivity index (χ2v) is 8.21. The third-order valence-electron chi connectivity index (χ3n) is 6.60. The Morgan fingerprint density at radius 2 is 1.07 bits per heavy atom. The monoisotopic (exact) mass is 375 g/mol.